The third-order valence-electron chi connectivity index (χ3n) is 3.80. The van der Waals surface area contributed by atoms with E-state index < -0.39 is 0 Å². The standard InChI is InChI=1S/C23H36O2.3CO.Fe/c1-4-5-6-7-8-9-10-11-12-13-14-15-16-18-22-19-17-20-23(25-22)24-21(2)3;3*1-2;/h8-9,11-12,14-18,20-23H,4-7,10,13,19H2,1-3H3;;;;/b9-8-,12-11-,15-14-,18-16+;;;;/t22-,23+;;;;/m0..../s1. The molecule has 2 atom stereocenters. The first-order valence-electron chi connectivity index (χ1n) is 10.4. The summed E-state index contributed by atoms with van der Waals surface area (Å²) in [5.74, 6) is 0. The molecule has 1 aliphatic rings. The molecule has 32 heavy (non-hydrogen) atoms. The zero-order valence-corrected chi connectivity index (χ0v) is 20.5. The zero-order valence-electron chi connectivity index (χ0n) is 19.4. The quantitative estimate of drug-likeness (QED) is 0.0786. The van der Waals surface area contributed by atoms with Crippen LogP contribution >= 0.6 is 0 Å². The van der Waals surface area contributed by atoms with Crippen LogP contribution in [0.5, 0.6) is 0 Å². The Morgan fingerprint density at radius 2 is 1.53 bits per heavy atom. The Labute approximate surface area is 205 Å². The Kier molecular flexibility index (Phi) is 40.0. The number of allylic oxidation sites excluding steroid dienone is 7. The maximum atomic E-state index is 7.50. The molecular formula is C26H36FeO5. The molecule has 178 valence electrons. The van der Waals surface area contributed by atoms with Gasteiger partial charge in [0.25, 0.3) is 0 Å². The summed E-state index contributed by atoms with van der Waals surface area (Å²) < 4.78 is 34.0. The predicted octanol–water partition coefficient (Wildman–Crippen LogP) is 6.55. The van der Waals surface area contributed by atoms with Gasteiger partial charge in [-0.3, -0.25) is 0 Å². The molecule has 0 aromatic heterocycles. The minimum Gasteiger partial charge on any atom is 0 e. The van der Waals surface area contributed by atoms with Crippen LogP contribution in [0.15, 0.2) is 60.8 Å². The van der Waals surface area contributed by atoms with Crippen molar-refractivity contribution in [2.45, 2.75) is 84.2 Å². The second-order valence-corrected chi connectivity index (χ2v) is 6.61. The average molecular weight is 484 g/mol. The molecule has 1 aliphatic heterocycles. The molecule has 0 aromatic carbocycles. The molecule has 0 amide bonds. The molecule has 0 bridgehead atoms. The Morgan fingerprint density at radius 3 is 2.12 bits per heavy atom. The zero-order chi connectivity index (χ0) is 24.2. The van der Waals surface area contributed by atoms with Crippen molar-refractivity contribution in [3.8, 4) is 0 Å². The van der Waals surface area contributed by atoms with E-state index in [4.69, 9.17) is 23.4 Å². The summed E-state index contributed by atoms with van der Waals surface area (Å²) in [5, 5.41) is 0. The van der Waals surface area contributed by atoms with Gasteiger partial charge >= 0.3 is 33.9 Å². The summed E-state index contributed by atoms with van der Waals surface area (Å²) in [5.41, 5.74) is 0. The van der Waals surface area contributed by atoms with Crippen molar-refractivity contribution >= 4 is 0 Å². The van der Waals surface area contributed by atoms with Gasteiger partial charge in [-0.15, -0.1) is 0 Å². The van der Waals surface area contributed by atoms with Gasteiger partial charge in [-0.1, -0.05) is 74.4 Å². The van der Waals surface area contributed by atoms with E-state index in [1.807, 2.05) is 19.9 Å². The van der Waals surface area contributed by atoms with E-state index in [2.05, 4.69) is 81.6 Å². The normalized spacial score (nSPS) is 17.2. The Morgan fingerprint density at radius 1 is 0.938 bits per heavy atom. The van der Waals surface area contributed by atoms with Crippen LogP contribution in [0.3, 0.4) is 0 Å². The van der Waals surface area contributed by atoms with Crippen LogP contribution < -0.4 is 0 Å². The van der Waals surface area contributed by atoms with E-state index >= 15 is 0 Å². The molecule has 1 rings (SSSR count). The Balaban J connectivity index is -0.000000514. The van der Waals surface area contributed by atoms with Crippen LogP contribution in [0.1, 0.15) is 65.7 Å². The van der Waals surface area contributed by atoms with Gasteiger partial charge in [-0.2, -0.15) is 0 Å². The van der Waals surface area contributed by atoms with Gasteiger partial charge < -0.3 is 9.47 Å². The third-order valence-corrected chi connectivity index (χ3v) is 3.80. The van der Waals surface area contributed by atoms with E-state index in [1.165, 1.54) is 25.7 Å². The fourth-order valence-corrected chi connectivity index (χ4v) is 2.49. The van der Waals surface area contributed by atoms with Crippen LogP contribution in [0, 0.1) is 20.0 Å². The fraction of sp³-hybridized carbons (Fsp3) is 0.500. The Hall–Kier alpha value is -1.64. The molecule has 5 nitrogen and oxygen atoms in total. The second-order valence-electron chi connectivity index (χ2n) is 6.61. The predicted molar refractivity (Wildman–Crippen MR) is 120 cm³/mol. The SMILES string of the molecule is CCCCC/C=C\C/C=C\C/C=C\C=C\[C@H]1CC=C[C@H](OC(C)C)O1.[C-]#[O+].[C-]#[O+].[C-]#[O+].[Fe]. The molecule has 0 aromatic rings. The van der Waals surface area contributed by atoms with Crippen molar-refractivity contribution in [3.63, 3.8) is 0 Å². The van der Waals surface area contributed by atoms with E-state index in [1.54, 1.807) is 0 Å². The summed E-state index contributed by atoms with van der Waals surface area (Å²) in [4.78, 5) is 0. The first kappa shape index (κ1) is 37.7. The summed E-state index contributed by atoms with van der Waals surface area (Å²) >= 11 is 0. The molecule has 0 N–H and O–H groups in total. The van der Waals surface area contributed by atoms with Crippen molar-refractivity contribution in [2.75, 3.05) is 0 Å². The maximum Gasteiger partial charge on any atom is 0 e. The van der Waals surface area contributed by atoms with Crippen molar-refractivity contribution < 1.29 is 40.5 Å². The van der Waals surface area contributed by atoms with Crippen LogP contribution in [0.2, 0.25) is 0 Å². The molecule has 0 unspecified atom stereocenters. The summed E-state index contributed by atoms with van der Waals surface area (Å²) in [6.45, 7) is 19.8. The smallest absolute Gasteiger partial charge is 0 e. The van der Waals surface area contributed by atoms with E-state index in [0.29, 0.717) is 0 Å². The average Bonchev–Trinajstić information content (AvgIpc) is 2.81. The molecular weight excluding hydrogens is 448 g/mol. The number of hydrogen-bond acceptors (Lipinski definition) is 2. The summed E-state index contributed by atoms with van der Waals surface area (Å²) in [6, 6.07) is 0. The van der Waals surface area contributed by atoms with Crippen molar-refractivity contribution in [1.29, 1.82) is 0 Å². The van der Waals surface area contributed by atoms with E-state index in [0.717, 1.165) is 19.3 Å². The van der Waals surface area contributed by atoms with Gasteiger partial charge in [0.1, 0.15) is 0 Å². The molecule has 0 spiro atoms. The first-order valence-corrected chi connectivity index (χ1v) is 10.4. The van der Waals surface area contributed by atoms with Gasteiger partial charge in [0.15, 0.2) is 6.29 Å². The number of rotatable bonds is 12. The van der Waals surface area contributed by atoms with E-state index in [9.17, 15) is 0 Å². The summed E-state index contributed by atoms with van der Waals surface area (Å²) in [7, 11) is 0. The van der Waals surface area contributed by atoms with Gasteiger partial charge in [0.05, 0.1) is 12.2 Å². The molecule has 0 saturated carbocycles. The van der Waals surface area contributed by atoms with Crippen LogP contribution in [0.25, 0.3) is 0 Å². The van der Waals surface area contributed by atoms with Gasteiger partial charge in [0.2, 0.25) is 0 Å². The number of unbranched alkanes of at least 4 members (excludes halogenated alkanes) is 3. The van der Waals surface area contributed by atoms with Gasteiger partial charge in [-0.25, -0.2) is 0 Å². The van der Waals surface area contributed by atoms with E-state index in [-0.39, 0.29) is 35.6 Å². The van der Waals surface area contributed by atoms with Gasteiger partial charge in [0, 0.05) is 17.1 Å². The number of ether oxygens (including phenoxy) is 2. The van der Waals surface area contributed by atoms with Crippen molar-refractivity contribution in [3.05, 3.63) is 80.7 Å². The first-order chi connectivity index (χ1) is 15.2. The third kappa shape index (κ3) is 28.4. The monoisotopic (exact) mass is 484 g/mol. The summed E-state index contributed by atoms with van der Waals surface area (Å²) in [6.07, 6.45) is 29.7. The van der Waals surface area contributed by atoms with Crippen molar-refractivity contribution in [1.82, 2.24) is 0 Å². The second kappa shape index (κ2) is 34.0. The van der Waals surface area contributed by atoms with Crippen LogP contribution in [-0.2, 0) is 40.5 Å². The molecule has 6 heteroatoms. The maximum absolute atomic E-state index is 7.50. The van der Waals surface area contributed by atoms with Crippen LogP contribution in [0.4, 0.5) is 0 Å². The Bertz CT molecular complexity index is 568. The largest absolute Gasteiger partial charge is 0 e. The molecule has 0 saturated heterocycles. The molecule has 0 aliphatic carbocycles. The van der Waals surface area contributed by atoms with Gasteiger partial charge in [-0.05, 0) is 52.0 Å². The van der Waals surface area contributed by atoms with Crippen molar-refractivity contribution in [2.24, 2.45) is 0 Å². The minimum absolute atomic E-state index is 0. The topological polar surface area (TPSA) is 78.2 Å². The minimum atomic E-state index is -0.217. The fourth-order valence-electron chi connectivity index (χ4n) is 2.49. The molecule has 1 heterocycles. The molecule has 0 fully saturated rings. The molecule has 0 radical (unpaired) electrons. The van der Waals surface area contributed by atoms with Crippen LogP contribution in [-0.4, -0.2) is 18.5 Å². The number of hydrogen-bond donors (Lipinski definition) is 0.